The lowest BCUT2D eigenvalue weighted by atomic mass is 10.0. The molecule has 1 saturated carbocycles. The third-order valence-electron chi connectivity index (χ3n) is 9.49. The van der Waals surface area contributed by atoms with Gasteiger partial charge in [0.15, 0.2) is 5.79 Å². The van der Waals surface area contributed by atoms with Crippen LogP contribution in [0.2, 0.25) is 0 Å². The molecule has 1 aliphatic carbocycles. The van der Waals surface area contributed by atoms with Gasteiger partial charge in [0.25, 0.3) is 0 Å². The zero-order valence-electron chi connectivity index (χ0n) is 35.2. The average Bonchev–Trinajstić information content (AvgIpc) is 3.84. The van der Waals surface area contributed by atoms with Crippen LogP contribution in [0.15, 0.2) is 66.1 Å². The number of hydrogen-bond donors (Lipinski definition) is 1. The summed E-state index contributed by atoms with van der Waals surface area (Å²) in [5, 5.41) is 14.4. The van der Waals surface area contributed by atoms with Crippen LogP contribution in [0.4, 0.5) is 9.59 Å². The van der Waals surface area contributed by atoms with Crippen LogP contribution in [-0.2, 0) is 14.2 Å². The van der Waals surface area contributed by atoms with Crippen molar-refractivity contribution in [3.63, 3.8) is 0 Å². The second kappa shape index (κ2) is 18.4. The highest BCUT2D eigenvalue weighted by atomic mass is 32.1. The Morgan fingerprint density at radius 3 is 2.28 bits per heavy atom. The highest BCUT2D eigenvalue weighted by Crippen LogP contribution is 2.43. The fourth-order valence-corrected chi connectivity index (χ4v) is 7.61. The van der Waals surface area contributed by atoms with E-state index in [2.05, 4.69) is 15.7 Å². The third-order valence-corrected chi connectivity index (χ3v) is 10.3. The Labute approximate surface area is 341 Å². The van der Waals surface area contributed by atoms with E-state index in [0.717, 1.165) is 28.0 Å². The van der Waals surface area contributed by atoms with Gasteiger partial charge in [-0.15, -0.1) is 11.3 Å². The largest absolute Gasteiger partial charge is 0.444 e. The number of rotatable bonds is 15. The number of benzene rings is 1. The van der Waals surface area contributed by atoms with Crippen LogP contribution in [-0.4, -0.2) is 95.9 Å². The van der Waals surface area contributed by atoms with E-state index in [1.165, 1.54) is 23.2 Å². The molecule has 0 bridgehead atoms. The van der Waals surface area contributed by atoms with Gasteiger partial charge in [0.1, 0.15) is 33.9 Å². The number of aromatic nitrogens is 4. The summed E-state index contributed by atoms with van der Waals surface area (Å²) >= 11 is 1.48. The lowest BCUT2D eigenvalue weighted by Gasteiger charge is -2.33. The summed E-state index contributed by atoms with van der Waals surface area (Å²) in [7, 11) is 0. The van der Waals surface area contributed by atoms with Gasteiger partial charge < -0.3 is 38.4 Å². The summed E-state index contributed by atoms with van der Waals surface area (Å²) in [4.78, 5) is 44.4. The molecular weight excluding hydrogens is 745 g/mol. The molecule has 1 N–H and O–H groups in total. The van der Waals surface area contributed by atoms with Gasteiger partial charge in [-0.3, -0.25) is 0 Å². The number of carbonyl (C=O) groups excluding carboxylic acids is 2. The Bertz CT molecular complexity index is 1970. The second-order valence-electron chi connectivity index (χ2n) is 17.2. The Morgan fingerprint density at radius 1 is 0.965 bits per heavy atom. The van der Waals surface area contributed by atoms with Crippen LogP contribution < -0.4 is 4.74 Å². The zero-order chi connectivity index (χ0) is 41.5. The van der Waals surface area contributed by atoms with Crippen molar-refractivity contribution < 1.29 is 33.6 Å². The van der Waals surface area contributed by atoms with Crippen LogP contribution in [0, 0.1) is 5.92 Å². The van der Waals surface area contributed by atoms with Crippen molar-refractivity contribution in [3.8, 4) is 22.2 Å². The molecule has 14 heteroatoms. The highest BCUT2D eigenvalue weighted by Gasteiger charge is 2.41. The SMILES string of the molecule is C/C=C(\C)CCN(CCCN(CC1C[C@@H](n2cc(-c3nc(Oc4ccccc4)cs3)c3cncnc32)C[C@@H]1OC(C)(C)O)C(=O)OC(C)(C)C)C(=O)OC(C)(C)C. The summed E-state index contributed by atoms with van der Waals surface area (Å²) < 4.78 is 26.1. The monoisotopic (exact) mass is 804 g/mol. The number of thiazole rings is 1. The molecule has 4 aromatic rings. The van der Waals surface area contributed by atoms with Crippen molar-refractivity contribution in [2.45, 2.75) is 124 Å². The highest BCUT2D eigenvalue weighted by molar-refractivity contribution is 7.13. The fourth-order valence-electron chi connectivity index (χ4n) is 6.86. The molecule has 1 unspecified atom stereocenters. The van der Waals surface area contributed by atoms with Gasteiger partial charge in [0, 0.05) is 61.5 Å². The maximum Gasteiger partial charge on any atom is 0.410 e. The van der Waals surface area contributed by atoms with Gasteiger partial charge in [-0.25, -0.2) is 24.5 Å². The molecule has 1 aliphatic rings. The van der Waals surface area contributed by atoms with Crippen molar-refractivity contribution >= 4 is 34.6 Å². The molecule has 0 aliphatic heterocycles. The number of nitrogens with zero attached hydrogens (tertiary/aromatic N) is 6. The minimum Gasteiger partial charge on any atom is -0.444 e. The van der Waals surface area contributed by atoms with Crippen molar-refractivity contribution in [2.75, 3.05) is 26.2 Å². The smallest absolute Gasteiger partial charge is 0.410 e. The number of aliphatic hydroxyl groups is 1. The van der Waals surface area contributed by atoms with E-state index in [0.29, 0.717) is 57.1 Å². The van der Waals surface area contributed by atoms with E-state index >= 15 is 0 Å². The summed E-state index contributed by atoms with van der Waals surface area (Å²) in [6, 6.07) is 9.46. The Balaban J connectivity index is 1.39. The lowest BCUT2D eigenvalue weighted by Crippen LogP contribution is -2.44. The normalized spacial score (nSPS) is 17.8. The van der Waals surface area contributed by atoms with Crippen LogP contribution in [0.25, 0.3) is 21.6 Å². The number of carbonyl (C=O) groups is 2. The van der Waals surface area contributed by atoms with Gasteiger partial charge in [-0.05, 0) is 107 Å². The molecule has 13 nitrogen and oxygen atoms in total. The summed E-state index contributed by atoms with van der Waals surface area (Å²) in [6.07, 6.45) is 8.66. The first-order valence-electron chi connectivity index (χ1n) is 19.8. The van der Waals surface area contributed by atoms with Crippen molar-refractivity contribution in [3.05, 3.63) is 66.1 Å². The van der Waals surface area contributed by atoms with Crippen LogP contribution in [0.5, 0.6) is 11.6 Å². The molecule has 0 saturated heterocycles. The van der Waals surface area contributed by atoms with Crippen molar-refractivity contribution in [1.82, 2.24) is 29.3 Å². The van der Waals surface area contributed by atoms with Gasteiger partial charge in [0.05, 0.1) is 11.5 Å². The molecule has 57 heavy (non-hydrogen) atoms. The molecule has 0 spiro atoms. The van der Waals surface area contributed by atoms with E-state index in [9.17, 15) is 14.7 Å². The number of hydrogen-bond acceptors (Lipinski definition) is 11. The van der Waals surface area contributed by atoms with Crippen LogP contribution in [0.3, 0.4) is 0 Å². The predicted octanol–water partition coefficient (Wildman–Crippen LogP) is 9.63. The van der Waals surface area contributed by atoms with Crippen LogP contribution in [0.1, 0.15) is 101 Å². The first-order chi connectivity index (χ1) is 26.8. The number of fused-ring (bicyclic) bond motifs is 1. The Kier molecular flexibility index (Phi) is 14.1. The summed E-state index contributed by atoms with van der Waals surface area (Å²) in [6.45, 7) is 19.9. The summed E-state index contributed by atoms with van der Waals surface area (Å²) in [5.41, 5.74) is 1.46. The Morgan fingerprint density at radius 2 is 1.63 bits per heavy atom. The standard InChI is InChI=1S/C43H60N6O7S/c1-11-29(2)18-21-47(39(50)55-41(3,4)5)19-15-20-48(40(51)56-42(6,7)8)25-30-22-31(23-35(30)54-43(9,10)52)49-26-34(33-24-44-28-45-37(33)49)38-46-36(27-57-38)53-32-16-13-12-14-17-32/h11-14,16-17,24,26-28,30-31,35,52H,15,18-23,25H2,1-10H3/b29-11+/t30?,31-,35+/m1/s1. The fraction of sp³-hybridized carbons (Fsp3) is 0.558. The minimum atomic E-state index is -1.41. The number of allylic oxidation sites excluding steroid dienone is 1. The third kappa shape index (κ3) is 12.7. The lowest BCUT2D eigenvalue weighted by molar-refractivity contribution is -0.213. The van der Waals surface area contributed by atoms with E-state index in [-0.39, 0.29) is 18.1 Å². The molecule has 3 atom stereocenters. The molecule has 0 radical (unpaired) electrons. The van der Waals surface area contributed by atoms with E-state index in [4.69, 9.17) is 28.9 Å². The zero-order valence-corrected chi connectivity index (χ0v) is 36.0. The van der Waals surface area contributed by atoms with Crippen molar-refractivity contribution in [2.24, 2.45) is 5.92 Å². The first kappa shape index (κ1) is 43.6. The van der Waals surface area contributed by atoms with Gasteiger partial charge in [-0.2, -0.15) is 0 Å². The molecule has 3 aromatic heterocycles. The molecule has 2 amide bonds. The average molecular weight is 805 g/mol. The second-order valence-corrected chi connectivity index (χ2v) is 18.1. The molecule has 3 heterocycles. The number of amides is 2. The van der Waals surface area contributed by atoms with Crippen LogP contribution >= 0.6 is 11.3 Å². The molecule has 5 rings (SSSR count). The maximum atomic E-state index is 13.9. The summed E-state index contributed by atoms with van der Waals surface area (Å²) in [5.74, 6) is -0.366. The Hall–Kier alpha value is -4.53. The van der Waals surface area contributed by atoms with Gasteiger partial charge in [0.2, 0.25) is 5.88 Å². The minimum absolute atomic E-state index is 0.0773. The molecule has 310 valence electrons. The predicted molar refractivity (Wildman–Crippen MR) is 222 cm³/mol. The first-order valence-corrected chi connectivity index (χ1v) is 20.6. The van der Waals surface area contributed by atoms with Gasteiger partial charge in [-0.1, -0.05) is 29.8 Å². The number of para-hydroxylation sites is 1. The number of ether oxygens (including phenoxy) is 4. The quantitative estimate of drug-likeness (QED) is 0.0912. The molecule has 1 aromatic carbocycles. The molecular formula is C43H60N6O7S. The maximum absolute atomic E-state index is 13.9. The van der Waals surface area contributed by atoms with Gasteiger partial charge >= 0.3 is 12.2 Å². The molecule has 1 fully saturated rings. The van der Waals surface area contributed by atoms with E-state index < -0.39 is 29.2 Å². The van der Waals surface area contributed by atoms with E-state index in [1.807, 2.05) is 97.2 Å². The topological polar surface area (TPSA) is 141 Å². The van der Waals surface area contributed by atoms with E-state index in [1.54, 1.807) is 29.8 Å². The van der Waals surface area contributed by atoms with Crippen molar-refractivity contribution in [1.29, 1.82) is 0 Å².